The molecular weight excluding hydrogens is 525 g/mol. The zero-order valence-corrected chi connectivity index (χ0v) is 22.5. The predicted octanol–water partition coefficient (Wildman–Crippen LogP) is 7.11. The molecule has 4 nitrogen and oxygen atoms in total. The summed E-state index contributed by atoms with van der Waals surface area (Å²) in [4.78, 5) is 2.32. The van der Waals surface area contributed by atoms with E-state index in [9.17, 15) is 18.3 Å². The average Bonchev–Trinajstić information content (AvgIpc) is 2.94. The summed E-state index contributed by atoms with van der Waals surface area (Å²) in [5.41, 5.74) is 0.721. The number of hydrogen-bond acceptors (Lipinski definition) is 4. The Labute approximate surface area is 232 Å². The molecule has 0 spiro atoms. The van der Waals surface area contributed by atoms with E-state index in [1.807, 2.05) is 18.2 Å². The molecule has 39 heavy (non-hydrogen) atoms. The predicted molar refractivity (Wildman–Crippen MR) is 147 cm³/mol. The second kappa shape index (κ2) is 10.6. The molecule has 2 N–H and O–H groups in total. The Hall–Kier alpha value is -2.32. The summed E-state index contributed by atoms with van der Waals surface area (Å²) in [5, 5.41) is 15.5. The van der Waals surface area contributed by atoms with Crippen LogP contribution < -0.4 is 5.32 Å². The number of likely N-dealkylation sites (tertiary alicyclic amines) is 1. The molecule has 208 valence electrons. The minimum atomic E-state index is -4.40. The minimum absolute atomic E-state index is 0.0732. The molecule has 2 aromatic carbocycles. The molecule has 3 aliphatic heterocycles. The first-order valence-corrected chi connectivity index (χ1v) is 14.2. The number of nitrogens with one attached hydrogen (secondary N) is 1. The molecule has 1 aliphatic carbocycles. The van der Waals surface area contributed by atoms with Gasteiger partial charge in [-0.15, -0.1) is 0 Å². The minimum Gasteiger partial charge on any atom is -0.385 e. The van der Waals surface area contributed by atoms with Gasteiger partial charge >= 0.3 is 6.18 Å². The molecule has 0 saturated carbocycles. The summed E-state index contributed by atoms with van der Waals surface area (Å²) >= 11 is 6.02. The van der Waals surface area contributed by atoms with E-state index in [1.165, 1.54) is 6.07 Å². The van der Waals surface area contributed by atoms with Gasteiger partial charge in [0.2, 0.25) is 0 Å². The lowest BCUT2D eigenvalue weighted by Crippen LogP contribution is -2.50. The summed E-state index contributed by atoms with van der Waals surface area (Å²) in [6, 6.07) is 11.5. The Balaban J connectivity index is 1.18. The quantitative estimate of drug-likeness (QED) is 0.420. The van der Waals surface area contributed by atoms with Crippen molar-refractivity contribution in [3.05, 3.63) is 88.5 Å². The number of aliphatic hydroxyl groups is 1. The number of anilines is 1. The van der Waals surface area contributed by atoms with Crippen LogP contribution in [0.2, 0.25) is 5.02 Å². The van der Waals surface area contributed by atoms with Gasteiger partial charge < -0.3 is 20.1 Å². The van der Waals surface area contributed by atoms with Crippen molar-refractivity contribution in [2.75, 3.05) is 25.0 Å². The van der Waals surface area contributed by atoms with Crippen LogP contribution in [0.1, 0.15) is 54.9 Å². The third-order valence-corrected chi connectivity index (χ3v) is 9.27. The van der Waals surface area contributed by atoms with Crippen molar-refractivity contribution in [2.24, 2.45) is 11.8 Å². The summed E-state index contributed by atoms with van der Waals surface area (Å²) in [6.45, 7) is 2.16. The highest BCUT2D eigenvalue weighted by Crippen LogP contribution is 2.49. The Morgan fingerprint density at radius 2 is 1.82 bits per heavy atom. The fourth-order valence-corrected chi connectivity index (χ4v) is 6.96. The third kappa shape index (κ3) is 5.51. The number of fused-ring (bicyclic) bond motifs is 3. The summed E-state index contributed by atoms with van der Waals surface area (Å²) < 4.78 is 47.6. The first kappa shape index (κ1) is 26.9. The summed E-state index contributed by atoms with van der Waals surface area (Å²) in [7, 11) is 0. The van der Waals surface area contributed by atoms with Gasteiger partial charge in [0.15, 0.2) is 0 Å². The number of hydrogen-bond donors (Lipinski definition) is 2. The normalized spacial score (nSPS) is 30.3. The molecule has 0 radical (unpaired) electrons. The van der Waals surface area contributed by atoms with Crippen molar-refractivity contribution >= 4 is 17.3 Å². The van der Waals surface area contributed by atoms with Gasteiger partial charge in [-0.25, -0.2) is 0 Å². The van der Waals surface area contributed by atoms with E-state index in [1.54, 1.807) is 18.2 Å². The first-order chi connectivity index (χ1) is 18.7. The van der Waals surface area contributed by atoms with Crippen molar-refractivity contribution in [3.63, 3.8) is 0 Å². The molecule has 6 rings (SSSR count). The SMILES string of the molecule is OC1(c2ccc(Cl)cc2)CCN(C[C@H]2CC[C@@H]3[C@H](O2)c2cc(C(F)(F)F)ccc2N[C@H]3C2C=CC=CC2)CC1. The smallest absolute Gasteiger partial charge is 0.385 e. The number of ether oxygens (including phenoxy) is 1. The second-order valence-electron chi connectivity index (χ2n) is 11.4. The van der Waals surface area contributed by atoms with Crippen molar-refractivity contribution in [2.45, 2.75) is 62.1 Å². The number of rotatable bonds is 4. The Bertz CT molecular complexity index is 1240. The summed E-state index contributed by atoms with van der Waals surface area (Å²) in [5.74, 6) is 0.362. The van der Waals surface area contributed by atoms with Crippen molar-refractivity contribution in [1.29, 1.82) is 0 Å². The Morgan fingerprint density at radius 1 is 1.05 bits per heavy atom. The lowest BCUT2D eigenvalue weighted by Gasteiger charge is -2.48. The monoisotopic (exact) mass is 558 g/mol. The lowest BCUT2D eigenvalue weighted by atomic mass is 9.73. The van der Waals surface area contributed by atoms with Crippen LogP contribution in [0.4, 0.5) is 18.9 Å². The van der Waals surface area contributed by atoms with Crippen LogP contribution >= 0.6 is 11.6 Å². The molecule has 2 aromatic rings. The van der Waals surface area contributed by atoms with E-state index in [4.69, 9.17) is 16.3 Å². The number of alkyl halides is 3. The highest BCUT2D eigenvalue weighted by atomic mass is 35.5. The largest absolute Gasteiger partial charge is 0.416 e. The van der Waals surface area contributed by atoms with E-state index < -0.39 is 17.3 Å². The lowest BCUT2D eigenvalue weighted by molar-refractivity contribution is -0.138. The summed E-state index contributed by atoms with van der Waals surface area (Å²) in [6.07, 6.45) is 7.46. The van der Waals surface area contributed by atoms with Crippen LogP contribution in [0, 0.1) is 11.8 Å². The zero-order chi connectivity index (χ0) is 27.2. The topological polar surface area (TPSA) is 44.7 Å². The van der Waals surface area contributed by atoms with Crippen LogP contribution in [-0.4, -0.2) is 41.8 Å². The maximum Gasteiger partial charge on any atom is 0.416 e. The van der Waals surface area contributed by atoms with E-state index in [0.717, 1.165) is 49.7 Å². The van der Waals surface area contributed by atoms with E-state index >= 15 is 0 Å². The first-order valence-electron chi connectivity index (χ1n) is 13.9. The Kier molecular flexibility index (Phi) is 7.29. The molecule has 0 bridgehead atoms. The van der Waals surface area contributed by atoms with Gasteiger partial charge in [-0.2, -0.15) is 13.2 Å². The molecule has 3 heterocycles. The second-order valence-corrected chi connectivity index (χ2v) is 11.9. The van der Waals surface area contributed by atoms with Crippen molar-refractivity contribution in [1.82, 2.24) is 4.90 Å². The van der Waals surface area contributed by atoms with Gasteiger partial charge in [-0.3, -0.25) is 0 Å². The molecule has 2 fully saturated rings. The van der Waals surface area contributed by atoms with E-state index in [0.29, 0.717) is 30.0 Å². The van der Waals surface area contributed by atoms with Crippen LogP contribution in [-0.2, 0) is 16.5 Å². The molecular formula is C31H34ClF3N2O2. The molecule has 2 saturated heterocycles. The number of piperidine rings is 1. The average molecular weight is 559 g/mol. The molecule has 0 amide bonds. The molecule has 4 aliphatic rings. The van der Waals surface area contributed by atoms with E-state index in [2.05, 4.69) is 28.4 Å². The number of nitrogens with zero attached hydrogens (tertiary/aromatic N) is 1. The van der Waals surface area contributed by atoms with Crippen molar-refractivity contribution in [3.8, 4) is 0 Å². The standard InChI is InChI=1S/C31H34ClF3N2O2/c32-23-9-6-21(7-10-23)30(38)14-16-37(17-15-30)19-24-11-12-25-28(20-4-2-1-3-5-20)36-27-13-8-22(31(33,34)35)18-26(27)29(25)39-24/h1-4,6-10,13,18,20,24-25,28-29,36,38H,5,11-12,14-17,19H2/t20?,24-,25+,28+,29+/m1/s1. The zero-order valence-electron chi connectivity index (χ0n) is 21.7. The van der Waals surface area contributed by atoms with Crippen LogP contribution in [0.15, 0.2) is 66.8 Å². The van der Waals surface area contributed by atoms with Crippen LogP contribution in [0.25, 0.3) is 0 Å². The molecule has 5 atom stereocenters. The number of halogens is 4. The van der Waals surface area contributed by atoms with Gasteiger partial charge in [0, 0.05) is 53.8 Å². The van der Waals surface area contributed by atoms with Gasteiger partial charge in [-0.1, -0.05) is 48.0 Å². The fraction of sp³-hybridized carbons (Fsp3) is 0.484. The number of allylic oxidation sites excluding steroid dienone is 3. The molecule has 0 aromatic heterocycles. The Morgan fingerprint density at radius 3 is 2.51 bits per heavy atom. The maximum absolute atomic E-state index is 13.6. The van der Waals surface area contributed by atoms with Gasteiger partial charge in [0.1, 0.15) is 0 Å². The molecule has 8 heteroatoms. The third-order valence-electron chi connectivity index (χ3n) is 9.02. The fourth-order valence-electron chi connectivity index (χ4n) is 6.84. The van der Waals surface area contributed by atoms with Crippen LogP contribution in [0.5, 0.6) is 0 Å². The van der Waals surface area contributed by atoms with Gasteiger partial charge in [-0.05, 0) is 68.0 Å². The van der Waals surface area contributed by atoms with Crippen molar-refractivity contribution < 1.29 is 23.0 Å². The van der Waals surface area contributed by atoms with Gasteiger partial charge in [0.05, 0.1) is 23.4 Å². The number of benzene rings is 2. The maximum atomic E-state index is 13.6. The molecule has 1 unspecified atom stereocenters. The van der Waals surface area contributed by atoms with E-state index in [-0.39, 0.29) is 30.1 Å². The highest BCUT2D eigenvalue weighted by Gasteiger charge is 2.45. The van der Waals surface area contributed by atoms with Gasteiger partial charge in [0.25, 0.3) is 0 Å². The highest BCUT2D eigenvalue weighted by molar-refractivity contribution is 6.30. The van der Waals surface area contributed by atoms with Crippen LogP contribution in [0.3, 0.4) is 0 Å².